The Balaban J connectivity index is 1.99. The van der Waals surface area contributed by atoms with Crippen molar-refractivity contribution in [2.75, 3.05) is 0 Å². The van der Waals surface area contributed by atoms with Crippen molar-refractivity contribution in [1.29, 1.82) is 0 Å². The summed E-state index contributed by atoms with van der Waals surface area (Å²) in [6.45, 7) is 0.406. The van der Waals surface area contributed by atoms with Crippen LogP contribution in [0.3, 0.4) is 0 Å². The second-order valence-electron chi connectivity index (χ2n) is 6.28. The maximum Gasteiger partial charge on any atom is 0.249 e. The lowest BCUT2D eigenvalue weighted by Gasteiger charge is -2.09. The molecule has 4 N–H and O–H groups in total. The minimum atomic E-state index is -0.590. The summed E-state index contributed by atoms with van der Waals surface area (Å²) in [5, 5.41) is 1.05. The lowest BCUT2D eigenvalue weighted by molar-refractivity contribution is 0.0992. The maximum absolute atomic E-state index is 13.8. The maximum atomic E-state index is 13.8. The number of nitrogens with two attached hydrogens (primary N) is 2. The Morgan fingerprint density at radius 1 is 0.963 bits per heavy atom. The second-order valence-corrected chi connectivity index (χ2v) is 6.28. The molecule has 0 spiro atoms. The number of carbonyl (C=O) groups excluding carboxylic acids is 2. The molecule has 133 valence electrons. The van der Waals surface area contributed by atoms with Gasteiger partial charge in [-0.25, -0.2) is 4.39 Å². The molecule has 0 aliphatic rings. The third kappa shape index (κ3) is 2.81. The molecule has 1 radical (unpaired) electrons. The predicted molar refractivity (Wildman–Crippen MR) is 101 cm³/mol. The molecule has 3 aromatic carbocycles. The van der Waals surface area contributed by atoms with E-state index in [1.807, 2.05) is 16.7 Å². The van der Waals surface area contributed by atoms with Crippen LogP contribution < -0.4 is 11.5 Å². The average molecular weight is 360 g/mol. The van der Waals surface area contributed by atoms with Crippen LogP contribution in [0.15, 0.2) is 54.6 Å². The molecular formula is C21H15FN3O2. The van der Waals surface area contributed by atoms with E-state index in [2.05, 4.69) is 6.07 Å². The lowest BCUT2D eigenvalue weighted by atomic mass is 10.1. The summed E-state index contributed by atoms with van der Waals surface area (Å²) >= 11 is 0. The van der Waals surface area contributed by atoms with Gasteiger partial charge in [-0.15, -0.1) is 0 Å². The lowest BCUT2D eigenvalue weighted by Crippen LogP contribution is -2.12. The van der Waals surface area contributed by atoms with E-state index in [0.717, 1.165) is 11.1 Å². The van der Waals surface area contributed by atoms with Crippen molar-refractivity contribution in [1.82, 2.24) is 4.57 Å². The van der Waals surface area contributed by atoms with Crippen LogP contribution in [-0.2, 0) is 6.54 Å². The molecule has 0 aliphatic carbocycles. The van der Waals surface area contributed by atoms with E-state index in [0.29, 0.717) is 34.0 Å². The van der Waals surface area contributed by atoms with Crippen LogP contribution in [0.4, 0.5) is 4.39 Å². The van der Waals surface area contributed by atoms with Crippen molar-refractivity contribution in [2.45, 2.75) is 6.54 Å². The molecule has 0 saturated heterocycles. The molecule has 27 heavy (non-hydrogen) atoms. The summed E-state index contributed by atoms with van der Waals surface area (Å²) in [6.07, 6.45) is 0. The number of benzene rings is 3. The number of amides is 2. The first-order valence-corrected chi connectivity index (χ1v) is 8.27. The highest BCUT2D eigenvalue weighted by molar-refractivity contribution is 6.17. The molecule has 0 saturated carbocycles. The van der Waals surface area contributed by atoms with E-state index >= 15 is 0 Å². The summed E-state index contributed by atoms with van der Waals surface area (Å²) in [4.78, 5) is 23.3. The Bertz CT molecular complexity index is 1230. The zero-order valence-corrected chi connectivity index (χ0v) is 14.2. The summed E-state index contributed by atoms with van der Waals surface area (Å²) in [5.74, 6) is -1.62. The fourth-order valence-corrected chi connectivity index (χ4v) is 3.41. The van der Waals surface area contributed by atoms with E-state index in [9.17, 15) is 14.0 Å². The number of primary amides is 2. The highest BCUT2D eigenvalue weighted by Crippen LogP contribution is 2.32. The zero-order chi connectivity index (χ0) is 19.1. The topological polar surface area (TPSA) is 91.1 Å². The first-order valence-electron chi connectivity index (χ1n) is 8.27. The number of hydrogen-bond donors (Lipinski definition) is 2. The molecule has 0 aliphatic heterocycles. The van der Waals surface area contributed by atoms with Crippen molar-refractivity contribution >= 4 is 33.6 Å². The van der Waals surface area contributed by atoms with Crippen LogP contribution in [0.5, 0.6) is 0 Å². The van der Waals surface area contributed by atoms with Gasteiger partial charge in [0.1, 0.15) is 5.82 Å². The van der Waals surface area contributed by atoms with Crippen molar-refractivity contribution in [3.8, 4) is 0 Å². The van der Waals surface area contributed by atoms with Crippen LogP contribution in [0.2, 0.25) is 0 Å². The summed E-state index contributed by atoms with van der Waals surface area (Å²) in [6, 6.07) is 17.8. The van der Waals surface area contributed by atoms with Crippen molar-refractivity contribution < 1.29 is 14.0 Å². The van der Waals surface area contributed by atoms with Gasteiger partial charge in [0, 0.05) is 34.5 Å². The Morgan fingerprint density at radius 3 is 2.48 bits per heavy atom. The van der Waals surface area contributed by atoms with E-state index in [1.165, 1.54) is 6.07 Å². The zero-order valence-electron chi connectivity index (χ0n) is 14.2. The molecule has 1 aromatic heterocycles. The van der Waals surface area contributed by atoms with Crippen LogP contribution in [0.25, 0.3) is 21.8 Å². The standard InChI is InChI=1S/C21H15FN3O2/c22-14-7-8-17-16(10-14)19-15(21(24)27)5-2-6-18(19)25(17)11-12-3-1-4-13(9-12)20(23)26/h1-9H,11H2,(H2,23,26)(H2,24,27). The fraction of sp³-hybridized carbons (Fsp3) is 0.0476. The van der Waals surface area contributed by atoms with Gasteiger partial charge in [0.15, 0.2) is 0 Å². The molecule has 4 rings (SSSR count). The second kappa shape index (κ2) is 6.25. The molecule has 6 heteroatoms. The van der Waals surface area contributed by atoms with Crippen molar-refractivity contribution in [3.63, 3.8) is 0 Å². The number of rotatable bonds is 4. The Morgan fingerprint density at radius 2 is 1.74 bits per heavy atom. The molecular weight excluding hydrogens is 345 g/mol. The Labute approximate surface area is 154 Å². The third-order valence-corrected chi connectivity index (χ3v) is 4.58. The molecule has 5 nitrogen and oxygen atoms in total. The van der Waals surface area contributed by atoms with Crippen molar-refractivity contribution in [3.05, 3.63) is 83.2 Å². The van der Waals surface area contributed by atoms with Crippen LogP contribution in [0, 0.1) is 11.9 Å². The van der Waals surface area contributed by atoms with Gasteiger partial charge in [0.05, 0.1) is 11.0 Å². The van der Waals surface area contributed by atoms with Crippen molar-refractivity contribution in [2.24, 2.45) is 11.5 Å². The Hall–Kier alpha value is -3.67. The van der Waals surface area contributed by atoms with E-state index in [-0.39, 0.29) is 0 Å². The average Bonchev–Trinajstić information content (AvgIpc) is 2.95. The highest BCUT2D eigenvalue weighted by atomic mass is 19.1. The molecule has 1 heterocycles. The highest BCUT2D eigenvalue weighted by Gasteiger charge is 2.17. The molecule has 4 aromatic rings. The SMILES string of the molecule is NC(=O)c1cccc(Cn2c3ccc(F)[c]c3c3c(C(N)=O)cccc32)c1. The Kier molecular flexibility index (Phi) is 3.88. The minimum Gasteiger partial charge on any atom is -0.366 e. The van der Waals surface area contributed by atoms with E-state index in [1.54, 1.807) is 36.4 Å². The normalized spacial score (nSPS) is 11.1. The predicted octanol–water partition coefficient (Wildman–Crippen LogP) is 2.98. The number of aromatic nitrogens is 1. The van der Waals surface area contributed by atoms with Crippen LogP contribution >= 0.6 is 0 Å². The molecule has 2 amide bonds. The van der Waals surface area contributed by atoms with Gasteiger partial charge in [0.2, 0.25) is 11.8 Å². The van der Waals surface area contributed by atoms with Gasteiger partial charge < -0.3 is 16.0 Å². The summed E-state index contributed by atoms with van der Waals surface area (Å²) < 4.78 is 15.8. The quantitative estimate of drug-likeness (QED) is 0.586. The molecule has 0 unspecified atom stereocenters. The number of carbonyl (C=O) groups is 2. The van der Waals surface area contributed by atoms with E-state index < -0.39 is 17.6 Å². The minimum absolute atomic E-state index is 0.309. The molecule has 0 bridgehead atoms. The van der Waals surface area contributed by atoms with Crippen LogP contribution in [0.1, 0.15) is 26.3 Å². The third-order valence-electron chi connectivity index (χ3n) is 4.58. The smallest absolute Gasteiger partial charge is 0.249 e. The van der Waals surface area contributed by atoms with Gasteiger partial charge in [-0.3, -0.25) is 9.59 Å². The number of nitrogens with zero attached hydrogens (tertiary/aromatic N) is 1. The van der Waals surface area contributed by atoms with Gasteiger partial charge >= 0.3 is 0 Å². The monoisotopic (exact) mass is 360 g/mol. The van der Waals surface area contributed by atoms with Gasteiger partial charge in [-0.2, -0.15) is 0 Å². The van der Waals surface area contributed by atoms with Gasteiger partial charge in [-0.1, -0.05) is 18.2 Å². The molecule has 0 atom stereocenters. The van der Waals surface area contributed by atoms with Crippen LogP contribution in [-0.4, -0.2) is 16.4 Å². The van der Waals surface area contributed by atoms with E-state index in [4.69, 9.17) is 11.5 Å². The summed E-state index contributed by atoms with van der Waals surface area (Å²) in [7, 11) is 0. The largest absolute Gasteiger partial charge is 0.366 e. The molecule has 0 fully saturated rings. The first-order chi connectivity index (χ1) is 13.0. The number of hydrogen-bond acceptors (Lipinski definition) is 2. The summed E-state index contributed by atoms with van der Waals surface area (Å²) in [5.41, 5.74) is 13.9. The number of halogens is 1. The first kappa shape index (κ1) is 16.8. The van der Waals surface area contributed by atoms with Gasteiger partial charge in [0.25, 0.3) is 0 Å². The van der Waals surface area contributed by atoms with Gasteiger partial charge in [-0.05, 0) is 42.0 Å². The fourth-order valence-electron chi connectivity index (χ4n) is 3.41. The number of fused-ring (bicyclic) bond motifs is 3.